The molecule has 2 amide bonds. The third kappa shape index (κ3) is 8.45. The van der Waals surface area contributed by atoms with Crippen LogP contribution in [0.1, 0.15) is 56.1 Å². The molecule has 0 bridgehead atoms. The van der Waals surface area contributed by atoms with E-state index in [2.05, 4.69) is 5.32 Å². The van der Waals surface area contributed by atoms with Crippen molar-refractivity contribution in [3.63, 3.8) is 0 Å². The van der Waals surface area contributed by atoms with Gasteiger partial charge in [0.25, 0.3) is 5.91 Å². The summed E-state index contributed by atoms with van der Waals surface area (Å²) in [7, 11) is 0. The van der Waals surface area contributed by atoms with Crippen LogP contribution in [-0.2, 0) is 4.79 Å². The quantitative estimate of drug-likeness (QED) is 0.756. The van der Waals surface area contributed by atoms with Crippen LogP contribution in [0.3, 0.4) is 0 Å². The van der Waals surface area contributed by atoms with Gasteiger partial charge in [-0.05, 0) is 70.6 Å². The highest BCUT2D eigenvalue weighted by Crippen LogP contribution is 2.17. The summed E-state index contributed by atoms with van der Waals surface area (Å²) in [4.78, 5) is 26.5. The highest BCUT2D eigenvalue weighted by molar-refractivity contribution is 6.31. The molecule has 1 heterocycles. The summed E-state index contributed by atoms with van der Waals surface area (Å²) >= 11 is 5.76. The minimum atomic E-state index is -3.52. The first-order valence-electron chi connectivity index (χ1n) is 12.6. The number of carbonyl (C=O) groups excluding carboxylic acids is 2. The smallest absolute Gasteiger partial charge is 0.251 e. The van der Waals surface area contributed by atoms with Crippen LogP contribution >= 0.6 is 24.0 Å². The van der Waals surface area contributed by atoms with E-state index < -0.39 is 43.7 Å². The normalized spacial score (nSPS) is 22.1. The van der Waals surface area contributed by atoms with Crippen molar-refractivity contribution in [1.82, 2.24) is 15.5 Å². The van der Waals surface area contributed by atoms with Crippen LogP contribution in [0.2, 0.25) is 5.02 Å². The molecule has 2 N–H and O–H groups in total. The predicted octanol–water partition coefficient (Wildman–Crippen LogP) is 3.26. The van der Waals surface area contributed by atoms with Crippen molar-refractivity contribution in [3.05, 3.63) is 34.6 Å². The number of nitrogens with one attached hydrogen (secondary N) is 2. The number of carbonyl (C=O) groups is 2. The lowest BCUT2D eigenvalue weighted by molar-refractivity contribution is -0.124. The van der Waals surface area contributed by atoms with Gasteiger partial charge in [-0.1, -0.05) is 11.6 Å². The van der Waals surface area contributed by atoms with Gasteiger partial charge < -0.3 is 10.6 Å². The fraction of sp³-hybridized carbons (Fsp3) is 0.579. The molecule has 0 spiro atoms. The maximum absolute atomic E-state index is 13.4. The minimum absolute atomic E-state index is 0. The van der Waals surface area contributed by atoms with Gasteiger partial charge in [-0.15, -0.1) is 12.4 Å². The SMILES string of the molecule is Cl.[2H]C([2H])([2H])C(NC(=O)CN1CCC(CNC(=O)c2cc(F)cc(Cl)c2)CC1)(C([2H])([2H])[2H])C([2H])([2H])[2H]. The van der Waals surface area contributed by atoms with Crippen molar-refractivity contribution < 1.29 is 26.3 Å². The molecule has 0 atom stereocenters. The number of benzene rings is 1. The van der Waals surface area contributed by atoms with Crippen LogP contribution in [0.5, 0.6) is 0 Å². The fourth-order valence-corrected chi connectivity index (χ4v) is 3.05. The van der Waals surface area contributed by atoms with Gasteiger partial charge in [0.15, 0.2) is 0 Å². The summed E-state index contributed by atoms with van der Waals surface area (Å²) in [5, 5.41) is 4.62. The molecule has 1 aliphatic heterocycles. The molecule has 1 aromatic rings. The molecule has 0 unspecified atom stereocenters. The summed E-state index contributed by atoms with van der Waals surface area (Å²) in [6.07, 6.45) is 1.11. The molecule has 0 aromatic heterocycles. The number of rotatable bonds is 5. The van der Waals surface area contributed by atoms with Crippen molar-refractivity contribution in [2.24, 2.45) is 5.92 Å². The number of piperidine rings is 1. The fourth-order valence-electron chi connectivity index (χ4n) is 2.82. The predicted molar refractivity (Wildman–Crippen MR) is 108 cm³/mol. The van der Waals surface area contributed by atoms with E-state index in [0.29, 0.717) is 32.5 Å². The maximum Gasteiger partial charge on any atom is 0.251 e. The number of hydrogen-bond donors (Lipinski definition) is 2. The summed E-state index contributed by atoms with van der Waals surface area (Å²) in [5.74, 6) is -2.09. The Kier molecular flexibility index (Phi) is 4.92. The van der Waals surface area contributed by atoms with Gasteiger partial charge in [0.05, 0.1) is 6.54 Å². The lowest BCUT2D eigenvalue weighted by Gasteiger charge is -2.32. The molecule has 152 valence electrons. The Labute approximate surface area is 184 Å². The highest BCUT2D eigenvalue weighted by atomic mass is 35.5. The van der Waals surface area contributed by atoms with Crippen molar-refractivity contribution in [3.8, 4) is 0 Å². The lowest BCUT2D eigenvalue weighted by atomic mass is 9.96. The topological polar surface area (TPSA) is 61.4 Å². The summed E-state index contributed by atoms with van der Waals surface area (Å²) in [6.45, 7) is -9.88. The van der Waals surface area contributed by atoms with Crippen molar-refractivity contribution in [1.29, 1.82) is 0 Å². The third-order valence-electron chi connectivity index (χ3n) is 4.08. The first kappa shape index (κ1) is 13.0. The Balaban J connectivity index is 0.00000648. The number of amides is 2. The van der Waals surface area contributed by atoms with E-state index in [4.69, 9.17) is 23.9 Å². The number of halogens is 3. The van der Waals surface area contributed by atoms with E-state index in [9.17, 15) is 14.0 Å². The number of nitrogens with zero attached hydrogens (tertiary/aromatic N) is 1. The second-order valence-electron chi connectivity index (χ2n) is 6.39. The summed E-state index contributed by atoms with van der Waals surface area (Å²) in [6, 6.07) is 3.50. The van der Waals surface area contributed by atoms with Gasteiger partial charge in [-0.25, -0.2) is 4.39 Å². The molecule has 1 saturated heterocycles. The van der Waals surface area contributed by atoms with E-state index in [-0.39, 0.29) is 35.5 Å². The molecule has 1 fully saturated rings. The largest absolute Gasteiger partial charge is 0.352 e. The monoisotopic (exact) mass is 428 g/mol. The van der Waals surface area contributed by atoms with Crippen LogP contribution in [-0.4, -0.2) is 48.4 Å². The van der Waals surface area contributed by atoms with E-state index in [1.165, 1.54) is 6.07 Å². The van der Waals surface area contributed by atoms with Gasteiger partial charge in [0, 0.05) is 35.0 Å². The van der Waals surface area contributed by atoms with E-state index in [1.807, 2.05) is 5.32 Å². The second kappa shape index (κ2) is 10.2. The Morgan fingerprint density at radius 1 is 1.30 bits per heavy atom. The Morgan fingerprint density at radius 3 is 2.56 bits per heavy atom. The highest BCUT2D eigenvalue weighted by Gasteiger charge is 2.23. The Morgan fingerprint density at radius 2 is 1.96 bits per heavy atom. The first-order valence-corrected chi connectivity index (χ1v) is 8.53. The Hall–Kier alpha value is -1.37. The van der Waals surface area contributed by atoms with Crippen molar-refractivity contribution in [2.45, 2.75) is 38.9 Å². The van der Waals surface area contributed by atoms with Gasteiger partial charge >= 0.3 is 0 Å². The molecule has 5 nitrogen and oxygen atoms in total. The van der Waals surface area contributed by atoms with E-state index >= 15 is 0 Å². The molecule has 1 aromatic carbocycles. The Bertz CT molecular complexity index is 878. The molecule has 0 saturated carbocycles. The van der Waals surface area contributed by atoms with Crippen molar-refractivity contribution in [2.75, 3.05) is 26.2 Å². The maximum atomic E-state index is 13.4. The minimum Gasteiger partial charge on any atom is -0.352 e. The first-order chi connectivity index (χ1) is 15.9. The summed E-state index contributed by atoms with van der Waals surface area (Å²) < 4.78 is 81.6. The average Bonchev–Trinajstić information content (AvgIpc) is 2.67. The van der Waals surface area contributed by atoms with Crippen LogP contribution in [0.25, 0.3) is 0 Å². The molecule has 27 heavy (non-hydrogen) atoms. The second-order valence-corrected chi connectivity index (χ2v) is 6.82. The molecule has 0 aliphatic carbocycles. The van der Waals surface area contributed by atoms with Crippen LogP contribution in [0.4, 0.5) is 4.39 Å². The third-order valence-corrected chi connectivity index (χ3v) is 4.30. The lowest BCUT2D eigenvalue weighted by Crippen LogP contribution is -2.48. The molecular weight excluding hydrogens is 392 g/mol. The average molecular weight is 429 g/mol. The standard InChI is InChI=1S/C19H27ClFN3O2.ClH/c1-19(2,3)23-17(25)12-24-6-4-13(5-7-24)11-22-18(26)14-8-15(20)10-16(21)9-14;/h8-10,13H,4-7,11-12H2,1-3H3,(H,22,26)(H,23,25);1H/i1D3,2D3,3D3;. The molecule has 0 radical (unpaired) electrons. The van der Waals surface area contributed by atoms with Gasteiger partial charge in [0.2, 0.25) is 5.91 Å². The van der Waals surface area contributed by atoms with Gasteiger partial charge in [-0.3, -0.25) is 14.5 Å². The molecule has 8 heteroatoms. The zero-order chi connectivity index (χ0) is 26.8. The van der Waals surface area contributed by atoms with Crippen molar-refractivity contribution >= 4 is 35.8 Å². The van der Waals surface area contributed by atoms with Crippen LogP contribution in [0.15, 0.2) is 18.2 Å². The van der Waals surface area contributed by atoms with Gasteiger partial charge in [-0.2, -0.15) is 0 Å². The van der Waals surface area contributed by atoms with E-state index in [1.54, 1.807) is 4.90 Å². The summed E-state index contributed by atoms with van der Waals surface area (Å²) in [5.41, 5.74) is -3.32. The zero-order valence-electron chi connectivity index (χ0n) is 23.5. The molecular formula is C19H28Cl2FN3O2. The van der Waals surface area contributed by atoms with E-state index in [0.717, 1.165) is 12.1 Å². The van der Waals surface area contributed by atoms with Gasteiger partial charge in [0.1, 0.15) is 5.82 Å². The zero-order valence-corrected chi connectivity index (χ0v) is 16.1. The number of likely N-dealkylation sites (tertiary alicyclic amines) is 1. The number of hydrogen-bond acceptors (Lipinski definition) is 3. The molecule has 1 aliphatic rings. The van der Waals surface area contributed by atoms with Crippen LogP contribution in [0, 0.1) is 11.7 Å². The van der Waals surface area contributed by atoms with Crippen LogP contribution < -0.4 is 10.6 Å². The molecule has 2 rings (SSSR count).